The van der Waals surface area contributed by atoms with Gasteiger partial charge in [-0.05, 0) is 38.1 Å². The van der Waals surface area contributed by atoms with E-state index in [1.165, 1.54) is 24.3 Å². The smallest absolute Gasteiger partial charge is 0.408 e. The van der Waals surface area contributed by atoms with Gasteiger partial charge in [0.1, 0.15) is 12.4 Å². The lowest BCUT2D eigenvalue weighted by Gasteiger charge is -2.26. The van der Waals surface area contributed by atoms with E-state index in [9.17, 15) is 14.2 Å². The van der Waals surface area contributed by atoms with Crippen molar-refractivity contribution in [3.63, 3.8) is 0 Å². The molecule has 158 valence electrons. The van der Waals surface area contributed by atoms with Crippen LogP contribution in [0.1, 0.15) is 30.6 Å². The number of amides is 1. The summed E-state index contributed by atoms with van der Waals surface area (Å²) < 4.78 is 26.6. The summed E-state index contributed by atoms with van der Waals surface area (Å²) in [6, 6.07) is 6.10. The Hall–Kier alpha value is -0.530. The molecule has 0 radical (unpaired) electrons. The first kappa shape index (κ1) is 25.5. The number of nitrogens with one attached hydrogen (secondary N) is 1. The number of ether oxygens (including phenoxy) is 1. The van der Waals surface area contributed by atoms with Crippen molar-refractivity contribution >= 4 is 65.9 Å². The molecular formula is C16H20Cl4NO6P. The predicted molar refractivity (Wildman–Crippen MR) is 110 cm³/mol. The van der Waals surface area contributed by atoms with Crippen molar-refractivity contribution in [1.29, 1.82) is 0 Å². The highest BCUT2D eigenvalue weighted by Gasteiger charge is 2.39. The summed E-state index contributed by atoms with van der Waals surface area (Å²) in [6.45, 7) is 2.73. The van der Waals surface area contributed by atoms with Crippen LogP contribution in [0, 0.1) is 0 Å². The van der Waals surface area contributed by atoms with Gasteiger partial charge in [-0.25, -0.2) is 4.79 Å². The van der Waals surface area contributed by atoms with E-state index < -0.39 is 35.7 Å². The molecule has 0 aliphatic heterocycles. The van der Waals surface area contributed by atoms with Gasteiger partial charge in [0.15, 0.2) is 5.78 Å². The van der Waals surface area contributed by atoms with Crippen molar-refractivity contribution in [2.75, 3.05) is 19.8 Å². The van der Waals surface area contributed by atoms with Gasteiger partial charge in [-0.15, -0.1) is 0 Å². The molecule has 1 N–H and O–H groups in total. The number of Topliss-reactive ketones (excluding diaryl/α,β-unsaturated/α-hetero) is 1. The van der Waals surface area contributed by atoms with Crippen molar-refractivity contribution in [2.24, 2.45) is 0 Å². The summed E-state index contributed by atoms with van der Waals surface area (Å²) in [5, 5.41) is 2.77. The summed E-state index contributed by atoms with van der Waals surface area (Å²) in [4.78, 5) is 24.6. The molecule has 1 atom stereocenters. The summed E-state index contributed by atoms with van der Waals surface area (Å²) in [5.41, 5.74) is 0.311. The Balaban J connectivity index is 3.02. The van der Waals surface area contributed by atoms with Gasteiger partial charge in [0, 0.05) is 17.0 Å². The fourth-order valence-corrected chi connectivity index (χ4v) is 4.17. The van der Waals surface area contributed by atoms with E-state index in [4.69, 9.17) is 60.2 Å². The van der Waals surface area contributed by atoms with Gasteiger partial charge in [0.05, 0.1) is 13.2 Å². The zero-order valence-electron chi connectivity index (χ0n) is 15.1. The largest absolute Gasteiger partial charge is 0.445 e. The predicted octanol–water partition coefficient (Wildman–Crippen LogP) is 5.60. The minimum absolute atomic E-state index is 0.0355. The molecule has 0 fully saturated rings. The van der Waals surface area contributed by atoms with E-state index in [0.717, 1.165) is 0 Å². The van der Waals surface area contributed by atoms with E-state index in [1.807, 2.05) is 0 Å². The molecule has 0 aliphatic carbocycles. The van der Waals surface area contributed by atoms with E-state index >= 15 is 0 Å². The Morgan fingerprint density at radius 2 is 1.64 bits per heavy atom. The minimum atomic E-state index is -3.89. The number of alkyl carbamates (subject to hydrolysis) is 1. The molecule has 0 aliphatic rings. The minimum Gasteiger partial charge on any atom is -0.445 e. The molecule has 7 nitrogen and oxygen atoms in total. The van der Waals surface area contributed by atoms with Gasteiger partial charge >= 0.3 is 13.7 Å². The molecule has 12 heteroatoms. The van der Waals surface area contributed by atoms with Crippen LogP contribution in [0.15, 0.2) is 24.3 Å². The molecule has 0 spiro atoms. The van der Waals surface area contributed by atoms with Crippen molar-refractivity contribution in [2.45, 2.75) is 29.8 Å². The number of rotatable bonds is 10. The molecule has 0 aromatic heterocycles. The van der Waals surface area contributed by atoms with Gasteiger partial charge in [-0.3, -0.25) is 9.36 Å². The first-order valence-electron chi connectivity index (χ1n) is 8.18. The number of alkyl halides is 3. The highest BCUT2D eigenvalue weighted by Crippen LogP contribution is 2.53. The van der Waals surface area contributed by atoms with Crippen LogP contribution >= 0.6 is 54.0 Å². The van der Waals surface area contributed by atoms with Gasteiger partial charge in [0.25, 0.3) is 0 Å². The molecule has 1 rings (SSSR count). The fraction of sp³-hybridized carbons (Fsp3) is 0.500. The molecule has 0 bridgehead atoms. The Morgan fingerprint density at radius 1 is 1.11 bits per heavy atom. The van der Waals surface area contributed by atoms with Gasteiger partial charge < -0.3 is 19.1 Å². The van der Waals surface area contributed by atoms with Crippen molar-refractivity contribution < 1.29 is 27.9 Å². The molecule has 0 saturated heterocycles. The lowest BCUT2D eigenvalue weighted by molar-refractivity contribution is 0.0965. The molecule has 0 saturated carbocycles. The Bertz CT molecular complexity index is 700. The number of carbonyl (C=O) groups excluding carboxylic acids is 2. The Kier molecular flexibility index (Phi) is 10.6. The lowest BCUT2D eigenvalue weighted by Crippen LogP contribution is -2.39. The van der Waals surface area contributed by atoms with Gasteiger partial charge in [-0.1, -0.05) is 46.4 Å². The average Bonchev–Trinajstić information content (AvgIpc) is 2.59. The molecular weight excluding hydrogens is 475 g/mol. The summed E-state index contributed by atoms with van der Waals surface area (Å²) in [6.07, 6.45) is -1.42. The van der Waals surface area contributed by atoms with E-state index in [0.29, 0.717) is 10.6 Å². The molecule has 28 heavy (non-hydrogen) atoms. The molecule has 1 aromatic carbocycles. The van der Waals surface area contributed by atoms with E-state index in [2.05, 4.69) is 5.32 Å². The van der Waals surface area contributed by atoms with Crippen LogP contribution < -0.4 is 5.32 Å². The van der Waals surface area contributed by atoms with Crippen LogP contribution in [0.5, 0.6) is 0 Å². The third kappa shape index (κ3) is 8.87. The van der Waals surface area contributed by atoms with Crippen LogP contribution in [0.2, 0.25) is 5.02 Å². The Morgan fingerprint density at radius 3 is 2.11 bits per heavy atom. The van der Waals surface area contributed by atoms with E-state index in [-0.39, 0.29) is 19.6 Å². The maximum Gasteiger partial charge on any atom is 0.408 e. The fourth-order valence-electron chi connectivity index (χ4n) is 2.07. The number of ketones is 1. The maximum atomic E-state index is 13.1. The quantitative estimate of drug-likeness (QED) is 0.258. The normalized spacial score (nSPS) is 13.1. The highest BCUT2D eigenvalue weighted by molar-refractivity contribution is 7.54. The van der Waals surface area contributed by atoms with Gasteiger partial charge in [0.2, 0.25) is 3.79 Å². The first-order valence-corrected chi connectivity index (χ1v) is 11.3. The summed E-state index contributed by atoms with van der Waals surface area (Å²) in [5.74, 6) is -1.72. The van der Waals surface area contributed by atoms with Crippen molar-refractivity contribution in [3.05, 3.63) is 34.9 Å². The highest BCUT2D eigenvalue weighted by atomic mass is 35.6. The summed E-state index contributed by atoms with van der Waals surface area (Å²) >= 11 is 22.4. The van der Waals surface area contributed by atoms with Crippen molar-refractivity contribution in [3.8, 4) is 0 Å². The maximum absolute atomic E-state index is 13.1. The average molecular weight is 495 g/mol. The number of hydrogen-bond donors (Lipinski definition) is 1. The number of carbonyl (C=O) groups is 2. The second-order valence-electron chi connectivity index (χ2n) is 5.36. The van der Waals surface area contributed by atoms with E-state index in [1.54, 1.807) is 13.8 Å². The number of benzene rings is 1. The third-order valence-electron chi connectivity index (χ3n) is 3.20. The van der Waals surface area contributed by atoms with Crippen LogP contribution in [-0.2, 0) is 18.3 Å². The zero-order chi connectivity index (χ0) is 21.4. The number of hydrogen-bond acceptors (Lipinski definition) is 6. The molecule has 1 amide bonds. The zero-order valence-corrected chi connectivity index (χ0v) is 19.0. The standard InChI is InChI=1S/C16H20Cl4NO6P/c1-3-26-28(24,27-4-2)14(21-15(23)25-10-16(18,19)20)9-13(22)11-5-7-12(17)8-6-11/h5-8,14H,3-4,9-10H2,1-2H3,(H,21,23)/t14-/m1/s1. The van der Waals surface area contributed by atoms with Crippen molar-refractivity contribution in [1.82, 2.24) is 5.32 Å². The first-order chi connectivity index (χ1) is 13.0. The van der Waals surface area contributed by atoms with Crippen LogP contribution in [0.3, 0.4) is 0 Å². The molecule has 1 aromatic rings. The monoisotopic (exact) mass is 493 g/mol. The molecule has 0 heterocycles. The topological polar surface area (TPSA) is 90.9 Å². The van der Waals surface area contributed by atoms with Crippen LogP contribution in [0.25, 0.3) is 0 Å². The summed E-state index contributed by atoms with van der Waals surface area (Å²) in [7, 11) is -3.89. The second kappa shape index (κ2) is 11.6. The van der Waals surface area contributed by atoms with Gasteiger partial charge in [-0.2, -0.15) is 0 Å². The molecule has 0 unspecified atom stereocenters. The van der Waals surface area contributed by atoms with Crippen LogP contribution in [0.4, 0.5) is 4.79 Å². The SMILES string of the molecule is CCOP(=O)(OCC)[C@H](CC(=O)c1ccc(Cl)cc1)NC(=O)OCC(Cl)(Cl)Cl. The Labute approximate surface area is 183 Å². The third-order valence-corrected chi connectivity index (χ3v) is 6.09. The van der Waals surface area contributed by atoms with Crippen LogP contribution in [-0.4, -0.2) is 41.3 Å². The second-order valence-corrected chi connectivity index (χ2v) is 10.5. The number of halogens is 4. The lowest BCUT2D eigenvalue weighted by atomic mass is 10.1.